The number of imidazole rings is 2. The summed E-state index contributed by atoms with van der Waals surface area (Å²) in [5, 5.41) is 2.59. The Kier molecular flexibility index (Phi) is 11.5. The summed E-state index contributed by atoms with van der Waals surface area (Å²) < 4.78 is 16.0. The van der Waals surface area contributed by atoms with Crippen molar-refractivity contribution >= 4 is 62.3 Å². The Hall–Kier alpha value is -5.11. The Balaban J connectivity index is 1.01. The standard InChI is InChI=1S/C47H58FN9O3S/c1-5-42(58)55-23-9-11-40(55)44-50-33-16-13-29(25-35(33)52-44)37-19-20-38(57(37)31-15-18-39(32(48)27-31)54-21-7-6-8-22-54)30-14-17-34-36(26-30)53-45(51-34)41-12-10-24-56(41)43(59)28-49-46(60)61-47(2,3)4/h13-18,25-27,37-38,40-41H,5-12,19-24,28H2,1-4H3,(H,49,60)(H,50,52)(H,51,53)/t37-,38-,40-,41-/m0/s1. The van der Waals surface area contributed by atoms with E-state index in [0.29, 0.717) is 18.7 Å². The summed E-state index contributed by atoms with van der Waals surface area (Å²) in [6, 6.07) is 18.3. The first-order valence-corrected chi connectivity index (χ1v) is 23.1. The average molecular weight is 848 g/mol. The van der Waals surface area contributed by atoms with Gasteiger partial charge in [0.2, 0.25) is 11.8 Å². The Labute approximate surface area is 361 Å². The van der Waals surface area contributed by atoms with Crippen LogP contribution in [-0.2, 0) is 9.59 Å². The van der Waals surface area contributed by atoms with Crippen molar-refractivity contribution in [2.24, 2.45) is 0 Å². The summed E-state index contributed by atoms with van der Waals surface area (Å²) in [6.45, 7) is 10.9. The van der Waals surface area contributed by atoms with Gasteiger partial charge in [-0.3, -0.25) is 14.4 Å². The molecule has 3 amide bonds. The highest BCUT2D eigenvalue weighted by molar-refractivity contribution is 8.14. The number of amides is 3. The summed E-state index contributed by atoms with van der Waals surface area (Å²) in [4.78, 5) is 64.1. The Morgan fingerprint density at radius 3 is 1.84 bits per heavy atom. The van der Waals surface area contributed by atoms with Gasteiger partial charge in [0.25, 0.3) is 5.24 Å². The first-order chi connectivity index (χ1) is 29.4. The van der Waals surface area contributed by atoms with Gasteiger partial charge in [0.05, 0.1) is 58.5 Å². The third-order valence-corrected chi connectivity index (χ3v) is 13.9. The molecule has 6 heterocycles. The molecule has 0 unspecified atom stereocenters. The lowest BCUT2D eigenvalue weighted by molar-refractivity contribution is -0.132. The number of hydrogen-bond donors (Lipinski definition) is 3. The van der Waals surface area contributed by atoms with Gasteiger partial charge in [-0.05, 0) is 111 Å². The summed E-state index contributed by atoms with van der Waals surface area (Å²) in [6.07, 6.45) is 9.04. The highest BCUT2D eigenvalue weighted by Crippen LogP contribution is 2.48. The fourth-order valence-electron chi connectivity index (χ4n) is 10.2. The van der Waals surface area contributed by atoms with Crippen molar-refractivity contribution in [1.82, 2.24) is 35.1 Å². The summed E-state index contributed by atoms with van der Waals surface area (Å²) in [5.41, 5.74) is 7.28. The van der Waals surface area contributed by atoms with Gasteiger partial charge >= 0.3 is 0 Å². The van der Waals surface area contributed by atoms with E-state index < -0.39 is 0 Å². The molecule has 0 spiro atoms. The maximum Gasteiger partial charge on any atom is 0.280 e. The van der Waals surface area contributed by atoms with Crippen LogP contribution in [0.25, 0.3) is 22.1 Å². The summed E-state index contributed by atoms with van der Waals surface area (Å²) in [7, 11) is 0. The van der Waals surface area contributed by atoms with E-state index in [0.717, 1.165) is 122 Å². The lowest BCUT2D eigenvalue weighted by Gasteiger charge is -2.34. The van der Waals surface area contributed by atoms with Crippen molar-refractivity contribution in [2.45, 2.75) is 121 Å². The number of likely N-dealkylation sites (tertiary alicyclic amines) is 2. The van der Waals surface area contributed by atoms with Gasteiger partial charge in [-0.1, -0.05) is 51.6 Å². The van der Waals surface area contributed by atoms with Crippen LogP contribution in [0.2, 0.25) is 0 Å². The van der Waals surface area contributed by atoms with Gasteiger partial charge in [0, 0.05) is 43.0 Å². The number of aromatic amines is 2. The minimum Gasteiger partial charge on any atom is -0.369 e. The van der Waals surface area contributed by atoms with Crippen LogP contribution < -0.4 is 15.1 Å². The van der Waals surface area contributed by atoms with Crippen molar-refractivity contribution < 1.29 is 18.8 Å². The van der Waals surface area contributed by atoms with Crippen LogP contribution >= 0.6 is 11.8 Å². The zero-order valence-electron chi connectivity index (χ0n) is 35.8. The van der Waals surface area contributed by atoms with E-state index in [4.69, 9.17) is 9.97 Å². The van der Waals surface area contributed by atoms with Gasteiger partial charge in [0.15, 0.2) is 0 Å². The number of aromatic nitrogens is 4. The highest BCUT2D eigenvalue weighted by atomic mass is 32.2. The number of anilines is 2. The van der Waals surface area contributed by atoms with Crippen molar-refractivity contribution in [2.75, 3.05) is 42.5 Å². The number of hydrogen-bond acceptors (Lipinski definition) is 8. The molecular weight excluding hydrogens is 790 g/mol. The number of nitrogens with one attached hydrogen (secondary N) is 3. The van der Waals surface area contributed by atoms with E-state index in [-0.39, 0.29) is 58.3 Å². The number of piperidine rings is 1. The molecule has 61 heavy (non-hydrogen) atoms. The number of nitrogens with zero attached hydrogens (tertiary/aromatic N) is 6. The molecule has 5 aromatic rings. The fraction of sp³-hybridized carbons (Fsp3) is 0.511. The molecule has 12 nitrogen and oxygen atoms in total. The molecule has 14 heteroatoms. The van der Waals surface area contributed by atoms with Gasteiger partial charge in [-0.2, -0.15) is 0 Å². The number of benzene rings is 3. The van der Waals surface area contributed by atoms with E-state index in [1.165, 1.54) is 18.2 Å². The SMILES string of the molecule is CCC(=O)N1CCC[C@H]1c1nc2ccc([C@@H]3CC[C@@H](c4ccc5nc([C@@H]6CCCN6C(=O)CNC(=O)SC(C)(C)C)[nH]c5c4)N3c3ccc(N4CCCCC4)c(F)c3)cc2[nH]1. The summed E-state index contributed by atoms with van der Waals surface area (Å²) >= 11 is 1.19. The van der Waals surface area contributed by atoms with E-state index >= 15 is 4.39 Å². The first-order valence-electron chi connectivity index (χ1n) is 22.3. The predicted molar refractivity (Wildman–Crippen MR) is 240 cm³/mol. The van der Waals surface area contributed by atoms with E-state index in [2.05, 4.69) is 67.5 Å². The first kappa shape index (κ1) is 41.3. The van der Waals surface area contributed by atoms with Crippen LogP contribution in [-0.4, -0.2) is 84.3 Å². The molecule has 4 aliphatic heterocycles. The van der Waals surface area contributed by atoms with Gasteiger partial charge in [-0.15, -0.1) is 0 Å². The number of H-pyrrole nitrogens is 2. The van der Waals surface area contributed by atoms with Gasteiger partial charge in [-0.25, -0.2) is 14.4 Å². The minimum atomic E-state index is -0.241. The smallest absolute Gasteiger partial charge is 0.280 e. The second-order valence-electron chi connectivity index (χ2n) is 18.2. The fourth-order valence-corrected chi connectivity index (χ4v) is 10.9. The van der Waals surface area contributed by atoms with Gasteiger partial charge < -0.3 is 34.9 Å². The van der Waals surface area contributed by atoms with Crippen molar-refractivity contribution in [1.29, 1.82) is 0 Å². The van der Waals surface area contributed by atoms with Crippen LogP contribution in [0, 0.1) is 5.82 Å². The maximum absolute atomic E-state index is 16.2. The number of thioether (sulfide) groups is 1. The molecule has 3 N–H and O–H groups in total. The maximum atomic E-state index is 16.2. The largest absolute Gasteiger partial charge is 0.369 e. The Morgan fingerprint density at radius 2 is 1.30 bits per heavy atom. The lowest BCUT2D eigenvalue weighted by atomic mass is 10.0. The van der Waals surface area contributed by atoms with Crippen LogP contribution in [0.4, 0.5) is 20.6 Å². The van der Waals surface area contributed by atoms with E-state index in [1.54, 1.807) is 6.07 Å². The molecule has 0 bridgehead atoms. The van der Waals surface area contributed by atoms with Crippen molar-refractivity contribution in [3.05, 3.63) is 83.2 Å². The zero-order valence-corrected chi connectivity index (χ0v) is 36.6. The number of carbonyl (C=O) groups excluding carboxylic acids is 3. The molecule has 9 rings (SSSR count). The topological polar surface area (TPSA) is 134 Å². The molecule has 3 aromatic carbocycles. The number of fused-ring (bicyclic) bond motifs is 2. The summed E-state index contributed by atoms with van der Waals surface area (Å²) in [5.74, 6) is 1.42. The van der Waals surface area contributed by atoms with Crippen molar-refractivity contribution in [3.8, 4) is 0 Å². The second kappa shape index (κ2) is 17.0. The molecule has 0 aliphatic carbocycles. The molecule has 4 fully saturated rings. The quantitative estimate of drug-likeness (QED) is 0.134. The third-order valence-electron chi connectivity index (χ3n) is 13.0. The Morgan fingerprint density at radius 1 is 0.721 bits per heavy atom. The molecular formula is C47H58FN9O3S. The normalized spacial score (nSPS) is 22.2. The minimum absolute atomic E-state index is 0.0283. The molecule has 322 valence electrons. The zero-order chi connectivity index (χ0) is 42.4. The molecule has 0 saturated carbocycles. The van der Waals surface area contributed by atoms with Crippen LogP contribution in [0.1, 0.15) is 139 Å². The number of halogens is 1. The molecule has 4 aliphatic rings. The van der Waals surface area contributed by atoms with Crippen LogP contribution in [0.15, 0.2) is 54.6 Å². The molecule has 2 aromatic heterocycles. The lowest BCUT2D eigenvalue weighted by Crippen LogP contribution is -2.39. The average Bonchev–Trinajstić information content (AvgIpc) is 4.10. The molecule has 4 saturated heterocycles. The predicted octanol–water partition coefficient (Wildman–Crippen LogP) is 9.63. The van der Waals surface area contributed by atoms with Gasteiger partial charge in [0.1, 0.15) is 17.5 Å². The molecule has 0 radical (unpaired) electrons. The molecule has 4 atom stereocenters. The third kappa shape index (κ3) is 8.44. The van der Waals surface area contributed by atoms with E-state index in [1.807, 2.05) is 43.6 Å². The van der Waals surface area contributed by atoms with Crippen LogP contribution in [0.3, 0.4) is 0 Å². The second-order valence-corrected chi connectivity index (χ2v) is 20.0. The number of carbonyl (C=O) groups is 3. The monoisotopic (exact) mass is 847 g/mol. The number of rotatable bonds is 9. The Bertz CT molecular complexity index is 2440. The highest BCUT2D eigenvalue weighted by Gasteiger charge is 2.38. The van der Waals surface area contributed by atoms with E-state index in [9.17, 15) is 14.4 Å². The van der Waals surface area contributed by atoms with Crippen LogP contribution in [0.5, 0.6) is 0 Å². The van der Waals surface area contributed by atoms with Crippen molar-refractivity contribution in [3.63, 3.8) is 0 Å².